The first-order valence-electron chi connectivity index (χ1n) is 11.4. The molecule has 2 aliphatic rings. The van der Waals surface area contributed by atoms with E-state index in [1.165, 1.54) is 0 Å². The van der Waals surface area contributed by atoms with Crippen LogP contribution in [0.15, 0.2) is 23.1 Å². The zero-order valence-electron chi connectivity index (χ0n) is 19.4. The lowest BCUT2D eigenvalue weighted by Crippen LogP contribution is -2.55. The van der Waals surface area contributed by atoms with Crippen LogP contribution in [-0.4, -0.2) is 68.0 Å². The Labute approximate surface area is 187 Å². The van der Waals surface area contributed by atoms with Gasteiger partial charge in [-0.3, -0.25) is 9.69 Å². The van der Waals surface area contributed by atoms with Gasteiger partial charge in [-0.1, -0.05) is 26.3 Å². The molecule has 0 saturated carbocycles. The number of rotatable bonds is 6. The highest BCUT2D eigenvalue weighted by Crippen LogP contribution is 2.27. The maximum atomic E-state index is 13.3. The standard InChI is InChI=1S/C23H37N3O4S/c1-16(2)22(25-14-18(4)30-19(5)15-25)23(27)24-20-10-9-17(3)21(13-20)31(28,29)26-11-7-6-8-12-26/h9-10,13,16,18-19,22H,6-8,11-12,14-15H2,1-5H3,(H,24,27). The molecule has 3 rings (SSSR count). The Balaban J connectivity index is 1.81. The van der Waals surface area contributed by atoms with Crippen molar-refractivity contribution in [1.29, 1.82) is 0 Å². The van der Waals surface area contributed by atoms with Crippen LogP contribution in [0.25, 0.3) is 0 Å². The van der Waals surface area contributed by atoms with Crippen molar-refractivity contribution in [2.75, 3.05) is 31.5 Å². The zero-order chi connectivity index (χ0) is 22.8. The Kier molecular flexibility index (Phi) is 7.78. The average Bonchev–Trinajstić information content (AvgIpc) is 2.69. The van der Waals surface area contributed by atoms with Crippen LogP contribution < -0.4 is 5.32 Å². The van der Waals surface area contributed by atoms with Crippen molar-refractivity contribution < 1.29 is 17.9 Å². The van der Waals surface area contributed by atoms with Crippen molar-refractivity contribution >= 4 is 21.6 Å². The molecule has 2 heterocycles. The van der Waals surface area contributed by atoms with E-state index < -0.39 is 10.0 Å². The van der Waals surface area contributed by atoms with Crippen molar-refractivity contribution in [3.63, 3.8) is 0 Å². The maximum absolute atomic E-state index is 13.3. The fraction of sp³-hybridized carbons (Fsp3) is 0.696. The molecule has 0 spiro atoms. The Morgan fingerprint density at radius 2 is 1.71 bits per heavy atom. The van der Waals surface area contributed by atoms with E-state index in [1.54, 1.807) is 29.4 Å². The average molecular weight is 452 g/mol. The van der Waals surface area contributed by atoms with Gasteiger partial charge in [-0.2, -0.15) is 4.31 Å². The molecular formula is C23H37N3O4S. The minimum absolute atomic E-state index is 0.0680. The van der Waals surface area contributed by atoms with Gasteiger partial charge in [-0.25, -0.2) is 8.42 Å². The molecule has 0 aromatic heterocycles. The van der Waals surface area contributed by atoms with E-state index in [0.717, 1.165) is 19.3 Å². The molecule has 174 valence electrons. The summed E-state index contributed by atoms with van der Waals surface area (Å²) in [4.78, 5) is 15.7. The number of aryl methyl sites for hydroxylation is 1. The largest absolute Gasteiger partial charge is 0.373 e. The van der Waals surface area contributed by atoms with E-state index in [9.17, 15) is 13.2 Å². The predicted octanol–water partition coefficient (Wildman–Crippen LogP) is 3.24. The molecule has 1 amide bonds. The van der Waals surface area contributed by atoms with Gasteiger partial charge in [0, 0.05) is 31.9 Å². The first-order chi connectivity index (χ1) is 14.6. The van der Waals surface area contributed by atoms with E-state index in [2.05, 4.69) is 10.2 Å². The molecule has 3 atom stereocenters. The third-order valence-corrected chi connectivity index (χ3v) is 8.17. The number of hydrogen-bond donors (Lipinski definition) is 1. The molecule has 0 bridgehead atoms. The van der Waals surface area contributed by atoms with Crippen molar-refractivity contribution in [2.45, 2.75) is 77.0 Å². The van der Waals surface area contributed by atoms with E-state index in [4.69, 9.17) is 4.74 Å². The third-order valence-electron chi connectivity index (χ3n) is 6.13. The van der Waals surface area contributed by atoms with Crippen molar-refractivity contribution in [1.82, 2.24) is 9.21 Å². The molecule has 31 heavy (non-hydrogen) atoms. The van der Waals surface area contributed by atoms with Crippen LogP contribution in [0.5, 0.6) is 0 Å². The lowest BCUT2D eigenvalue weighted by molar-refractivity contribution is -0.130. The highest BCUT2D eigenvalue weighted by molar-refractivity contribution is 7.89. The van der Waals surface area contributed by atoms with E-state index >= 15 is 0 Å². The molecule has 7 nitrogen and oxygen atoms in total. The summed E-state index contributed by atoms with van der Waals surface area (Å²) in [5, 5.41) is 2.99. The molecule has 0 aliphatic carbocycles. The lowest BCUT2D eigenvalue weighted by atomic mass is 9.99. The molecule has 0 radical (unpaired) electrons. The first-order valence-corrected chi connectivity index (χ1v) is 12.8. The zero-order valence-corrected chi connectivity index (χ0v) is 20.2. The van der Waals surface area contributed by atoms with Crippen LogP contribution in [0.1, 0.15) is 52.5 Å². The van der Waals surface area contributed by atoms with Gasteiger partial charge in [-0.15, -0.1) is 0 Å². The number of benzene rings is 1. The number of nitrogens with zero attached hydrogens (tertiary/aromatic N) is 2. The molecule has 2 saturated heterocycles. The molecule has 8 heteroatoms. The lowest BCUT2D eigenvalue weighted by Gasteiger charge is -2.41. The van der Waals surface area contributed by atoms with Crippen LogP contribution in [0, 0.1) is 12.8 Å². The summed E-state index contributed by atoms with van der Waals surface area (Å²) in [6, 6.07) is 4.86. The van der Waals surface area contributed by atoms with Gasteiger partial charge in [0.05, 0.1) is 23.1 Å². The number of hydrogen-bond acceptors (Lipinski definition) is 5. The molecule has 1 aromatic rings. The summed E-state index contributed by atoms with van der Waals surface area (Å²) in [6.07, 6.45) is 2.98. The second-order valence-corrected chi connectivity index (χ2v) is 11.2. The smallest absolute Gasteiger partial charge is 0.243 e. The number of carbonyl (C=O) groups is 1. The summed E-state index contributed by atoms with van der Waals surface area (Å²) in [7, 11) is -3.57. The topological polar surface area (TPSA) is 79.0 Å². The van der Waals surface area contributed by atoms with Gasteiger partial charge in [0.1, 0.15) is 0 Å². The fourth-order valence-electron chi connectivity index (χ4n) is 4.75. The molecule has 1 aromatic carbocycles. The number of morpholine rings is 1. The second-order valence-electron chi connectivity index (χ2n) is 9.33. The van der Waals surface area contributed by atoms with Crippen molar-refractivity contribution in [3.8, 4) is 0 Å². The van der Waals surface area contributed by atoms with Crippen molar-refractivity contribution in [3.05, 3.63) is 23.8 Å². The summed E-state index contributed by atoms with van der Waals surface area (Å²) in [6.45, 7) is 12.4. The Bertz CT molecular complexity index is 871. The number of carbonyl (C=O) groups excluding carboxylic acids is 1. The summed E-state index contributed by atoms with van der Waals surface area (Å²) in [5.74, 6) is 0.000903. The number of anilines is 1. The SMILES string of the molecule is Cc1ccc(NC(=O)C(C(C)C)N2CC(C)OC(C)C2)cc1S(=O)(=O)N1CCCCC1. The second kappa shape index (κ2) is 9.98. The first kappa shape index (κ1) is 24.2. The van der Waals surface area contributed by atoms with Crippen LogP contribution in [0.3, 0.4) is 0 Å². The monoisotopic (exact) mass is 451 g/mol. The van der Waals surface area contributed by atoms with E-state index in [-0.39, 0.29) is 35.0 Å². The van der Waals surface area contributed by atoms with Gasteiger partial charge >= 0.3 is 0 Å². The van der Waals surface area contributed by atoms with Crippen molar-refractivity contribution in [2.24, 2.45) is 5.92 Å². The maximum Gasteiger partial charge on any atom is 0.243 e. The van der Waals surface area contributed by atoms with Gasteiger partial charge in [0.2, 0.25) is 15.9 Å². The van der Waals surface area contributed by atoms with Crippen LogP contribution in [0.4, 0.5) is 5.69 Å². The minimum Gasteiger partial charge on any atom is -0.373 e. The van der Waals surface area contributed by atoms with E-state index in [0.29, 0.717) is 37.4 Å². The number of amides is 1. The summed E-state index contributed by atoms with van der Waals surface area (Å²) >= 11 is 0. The highest BCUT2D eigenvalue weighted by Gasteiger charge is 2.34. The molecule has 1 N–H and O–H groups in total. The number of ether oxygens (including phenoxy) is 1. The summed E-state index contributed by atoms with van der Waals surface area (Å²) in [5.41, 5.74) is 1.21. The minimum atomic E-state index is -3.57. The fourth-order valence-corrected chi connectivity index (χ4v) is 6.52. The Morgan fingerprint density at radius 1 is 1.10 bits per heavy atom. The normalized spacial score (nSPS) is 24.8. The van der Waals surface area contributed by atoms with Gasteiger partial charge < -0.3 is 10.1 Å². The Morgan fingerprint density at radius 3 is 2.29 bits per heavy atom. The quantitative estimate of drug-likeness (QED) is 0.718. The molecule has 3 unspecified atom stereocenters. The van der Waals surface area contributed by atoms with Crippen LogP contribution in [0.2, 0.25) is 0 Å². The summed E-state index contributed by atoms with van der Waals surface area (Å²) < 4.78 is 33.8. The van der Waals surface area contributed by atoms with Gasteiger partial charge in [0.15, 0.2) is 0 Å². The highest BCUT2D eigenvalue weighted by atomic mass is 32.2. The van der Waals surface area contributed by atoms with Crippen LogP contribution >= 0.6 is 0 Å². The third kappa shape index (κ3) is 5.66. The Hall–Kier alpha value is -1.48. The van der Waals surface area contributed by atoms with Gasteiger partial charge in [-0.05, 0) is 57.2 Å². The number of sulfonamides is 1. The predicted molar refractivity (Wildman–Crippen MR) is 123 cm³/mol. The number of piperidine rings is 1. The molecule has 2 aliphatic heterocycles. The van der Waals surface area contributed by atoms with Crippen LogP contribution in [-0.2, 0) is 19.6 Å². The van der Waals surface area contributed by atoms with Gasteiger partial charge in [0.25, 0.3) is 0 Å². The van der Waals surface area contributed by atoms with E-state index in [1.807, 2.05) is 27.7 Å². The molecular weight excluding hydrogens is 414 g/mol. The molecule has 2 fully saturated rings. The number of nitrogens with one attached hydrogen (secondary N) is 1.